The Morgan fingerprint density at radius 3 is 2.72 bits per heavy atom. The van der Waals surface area contributed by atoms with Gasteiger partial charge >= 0.3 is 0 Å². The molecule has 3 rings (SSSR count). The summed E-state index contributed by atoms with van der Waals surface area (Å²) in [4.78, 5) is 26.9. The van der Waals surface area contributed by atoms with E-state index >= 15 is 0 Å². The number of nitrogens with zero attached hydrogens (tertiary/aromatic N) is 1. The minimum absolute atomic E-state index is 0.0544. The zero-order chi connectivity index (χ0) is 18.1. The van der Waals surface area contributed by atoms with E-state index in [4.69, 9.17) is 5.26 Å². The number of pyridine rings is 1. The van der Waals surface area contributed by atoms with Crippen LogP contribution in [0.1, 0.15) is 61.4 Å². The van der Waals surface area contributed by atoms with Crippen molar-refractivity contribution in [3.63, 3.8) is 0 Å². The van der Waals surface area contributed by atoms with E-state index in [0.717, 1.165) is 23.1 Å². The van der Waals surface area contributed by atoms with Crippen LogP contribution in [0.15, 0.2) is 4.79 Å². The Morgan fingerprint density at radius 2 is 2.12 bits per heavy atom. The summed E-state index contributed by atoms with van der Waals surface area (Å²) in [7, 11) is 0. The summed E-state index contributed by atoms with van der Waals surface area (Å²) in [6.45, 7) is 5.74. The van der Waals surface area contributed by atoms with Crippen LogP contribution in [0.5, 0.6) is 0 Å². The van der Waals surface area contributed by atoms with Crippen LogP contribution in [-0.4, -0.2) is 16.9 Å². The monoisotopic (exact) mass is 341 g/mol. The van der Waals surface area contributed by atoms with Crippen molar-refractivity contribution in [2.45, 2.75) is 65.3 Å². The van der Waals surface area contributed by atoms with Gasteiger partial charge in [-0.25, -0.2) is 0 Å². The number of hydrogen-bond acceptors (Lipinski definition) is 3. The molecule has 5 nitrogen and oxygen atoms in total. The van der Waals surface area contributed by atoms with Gasteiger partial charge in [0.05, 0.1) is 0 Å². The molecule has 2 fully saturated rings. The van der Waals surface area contributed by atoms with Crippen molar-refractivity contribution >= 4 is 5.91 Å². The van der Waals surface area contributed by atoms with Gasteiger partial charge in [0.15, 0.2) is 0 Å². The number of aromatic amines is 1. The molecule has 4 atom stereocenters. The second-order valence-electron chi connectivity index (χ2n) is 7.86. The molecule has 2 N–H and O–H groups in total. The van der Waals surface area contributed by atoms with E-state index in [1.165, 1.54) is 25.7 Å². The molecule has 5 heteroatoms. The lowest BCUT2D eigenvalue weighted by Crippen LogP contribution is -2.40. The SMILES string of the molecule is Cc1[nH]c(=O)c(C#N)c(C)c1CCC(=O)NC(C)C1CC2CCC1C2. The van der Waals surface area contributed by atoms with Crippen LogP contribution in [0.3, 0.4) is 0 Å². The van der Waals surface area contributed by atoms with Gasteiger partial charge in [-0.05, 0) is 75.3 Å². The molecule has 2 bridgehead atoms. The van der Waals surface area contributed by atoms with Crippen molar-refractivity contribution < 1.29 is 4.79 Å². The second kappa shape index (κ2) is 7.03. The summed E-state index contributed by atoms with van der Waals surface area (Å²) in [5, 5.41) is 12.3. The smallest absolute Gasteiger partial charge is 0.266 e. The topological polar surface area (TPSA) is 85.8 Å². The lowest BCUT2D eigenvalue weighted by molar-refractivity contribution is -0.122. The number of rotatable bonds is 5. The number of aromatic nitrogens is 1. The molecule has 2 aliphatic rings. The van der Waals surface area contributed by atoms with E-state index in [0.29, 0.717) is 24.3 Å². The summed E-state index contributed by atoms with van der Waals surface area (Å²) in [5.74, 6) is 2.36. The lowest BCUT2D eigenvalue weighted by atomic mass is 9.84. The number of carbonyl (C=O) groups excluding carboxylic acids is 1. The number of H-pyrrole nitrogens is 1. The molecule has 0 aliphatic heterocycles. The molecule has 4 unspecified atom stereocenters. The Bertz CT molecular complexity index is 774. The first-order valence-electron chi connectivity index (χ1n) is 9.32. The quantitative estimate of drug-likeness (QED) is 0.863. The van der Waals surface area contributed by atoms with Crippen molar-refractivity contribution in [2.75, 3.05) is 0 Å². The highest BCUT2D eigenvalue weighted by Crippen LogP contribution is 2.49. The fourth-order valence-corrected chi connectivity index (χ4v) is 5.00. The Balaban J connectivity index is 1.59. The Kier molecular flexibility index (Phi) is 4.99. The van der Waals surface area contributed by atoms with Gasteiger partial charge in [0.2, 0.25) is 5.91 Å². The number of aryl methyl sites for hydroxylation is 1. The van der Waals surface area contributed by atoms with Crippen LogP contribution in [0.4, 0.5) is 0 Å². The second-order valence-corrected chi connectivity index (χ2v) is 7.86. The molecule has 1 heterocycles. The fourth-order valence-electron chi connectivity index (χ4n) is 5.00. The number of hydrogen-bond donors (Lipinski definition) is 2. The maximum atomic E-state index is 12.4. The van der Waals surface area contributed by atoms with E-state index in [1.807, 2.05) is 13.0 Å². The number of carbonyl (C=O) groups is 1. The first-order chi connectivity index (χ1) is 11.9. The van der Waals surface area contributed by atoms with Crippen LogP contribution in [0, 0.1) is 42.9 Å². The normalized spacial score (nSPS) is 25.6. The standard InChI is InChI=1S/C20H27N3O2/c1-11-16(12(2)23-20(25)18(11)10-21)6-7-19(24)22-13(3)17-9-14-4-5-15(17)8-14/h13-15,17H,4-9H2,1-3H3,(H,22,24)(H,23,25). The van der Waals surface area contributed by atoms with Crippen LogP contribution in [0.2, 0.25) is 0 Å². The maximum Gasteiger partial charge on any atom is 0.266 e. The molecular weight excluding hydrogens is 314 g/mol. The highest BCUT2D eigenvalue weighted by atomic mass is 16.1. The maximum absolute atomic E-state index is 12.4. The number of fused-ring (bicyclic) bond motifs is 2. The van der Waals surface area contributed by atoms with E-state index in [2.05, 4.69) is 17.2 Å². The third kappa shape index (κ3) is 3.49. The van der Waals surface area contributed by atoms with Gasteiger partial charge in [-0.2, -0.15) is 5.26 Å². The highest BCUT2D eigenvalue weighted by molar-refractivity contribution is 5.76. The van der Waals surface area contributed by atoms with Crippen molar-refractivity contribution in [3.8, 4) is 6.07 Å². The predicted octanol–water partition coefficient (Wildman–Crippen LogP) is 2.74. The van der Waals surface area contributed by atoms with Gasteiger partial charge in [-0.15, -0.1) is 0 Å². The molecule has 0 aromatic carbocycles. The summed E-state index contributed by atoms with van der Waals surface area (Å²) in [6.07, 6.45) is 6.21. The van der Waals surface area contributed by atoms with E-state index < -0.39 is 0 Å². The zero-order valence-electron chi connectivity index (χ0n) is 15.3. The average Bonchev–Trinajstić information content (AvgIpc) is 3.17. The van der Waals surface area contributed by atoms with Crippen molar-refractivity contribution in [2.24, 2.45) is 17.8 Å². The number of nitriles is 1. The first-order valence-corrected chi connectivity index (χ1v) is 9.32. The van der Waals surface area contributed by atoms with E-state index in [-0.39, 0.29) is 23.1 Å². The van der Waals surface area contributed by atoms with Gasteiger partial charge in [0.1, 0.15) is 11.6 Å². The molecule has 2 saturated carbocycles. The average molecular weight is 341 g/mol. The Hall–Kier alpha value is -2.09. The third-order valence-electron chi connectivity index (χ3n) is 6.35. The molecule has 1 aromatic rings. The fraction of sp³-hybridized carbons (Fsp3) is 0.650. The van der Waals surface area contributed by atoms with Gasteiger partial charge < -0.3 is 10.3 Å². The molecule has 134 valence electrons. The molecule has 1 aromatic heterocycles. The third-order valence-corrected chi connectivity index (χ3v) is 6.35. The van der Waals surface area contributed by atoms with Gasteiger partial charge in [-0.3, -0.25) is 9.59 Å². The van der Waals surface area contributed by atoms with Crippen LogP contribution < -0.4 is 10.9 Å². The predicted molar refractivity (Wildman–Crippen MR) is 96.1 cm³/mol. The molecule has 25 heavy (non-hydrogen) atoms. The van der Waals surface area contributed by atoms with Crippen LogP contribution in [-0.2, 0) is 11.2 Å². The van der Waals surface area contributed by atoms with Gasteiger partial charge in [-0.1, -0.05) is 6.42 Å². The summed E-state index contributed by atoms with van der Waals surface area (Å²) in [5.41, 5.74) is 2.14. The lowest BCUT2D eigenvalue weighted by Gasteiger charge is -2.28. The molecule has 0 saturated heterocycles. The van der Waals surface area contributed by atoms with Crippen LogP contribution in [0.25, 0.3) is 0 Å². The van der Waals surface area contributed by atoms with Crippen molar-refractivity contribution in [3.05, 3.63) is 32.7 Å². The van der Waals surface area contributed by atoms with Crippen molar-refractivity contribution in [1.29, 1.82) is 5.26 Å². The summed E-state index contributed by atoms with van der Waals surface area (Å²) < 4.78 is 0. The van der Waals surface area contributed by atoms with Crippen LogP contribution >= 0.6 is 0 Å². The Labute approximate surface area is 148 Å². The molecular formula is C20H27N3O2. The minimum Gasteiger partial charge on any atom is -0.353 e. The largest absolute Gasteiger partial charge is 0.353 e. The molecule has 1 amide bonds. The zero-order valence-corrected chi connectivity index (χ0v) is 15.3. The summed E-state index contributed by atoms with van der Waals surface area (Å²) >= 11 is 0. The molecule has 2 aliphatic carbocycles. The van der Waals surface area contributed by atoms with E-state index in [9.17, 15) is 9.59 Å². The number of nitrogens with one attached hydrogen (secondary N) is 2. The highest BCUT2D eigenvalue weighted by Gasteiger charge is 2.42. The minimum atomic E-state index is -0.351. The van der Waals surface area contributed by atoms with E-state index in [1.54, 1.807) is 6.92 Å². The first kappa shape index (κ1) is 17.7. The molecule has 0 radical (unpaired) electrons. The summed E-state index contributed by atoms with van der Waals surface area (Å²) in [6, 6.07) is 2.19. The Morgan fingerprint density at radius 1 is 1.36 bits per heavy atom. The van der Waals surface area contributed by atoms with Gasteiger partial charge in [0, 0.05) is 18.2 Å². The number of amides is 1. The molecule has 0 spiro atoms. The van der Waals surface area contributed by atoms with Gasteiger partial charge in [0.25, 0.3) is 5.56 Å². The van der Waals surface area contributed by atoms with Crippen molar-refractivity contribution in [1.82, 2.24) is 10.3 Å².